The first-order chi connectivity index (χ1) is 14.7. The van der Waals surface area contributed by atoms with Gasteiger partial charge in [0.25, 0.3) is 0 Å². The molecule has 4 aromatic rings. The smallest absolute Gasteiger partial charge is 0.229 e. The maximum Gasteiger partial charge on any atom is 0.229 e. The van der Waals surface area contributed by atoms with E-state index >= 15 is 0 Å². The number of nitrogens with zero attached hydrogens (tertiary/aromatic N) is 7. The molecule has 0 aliphatic carbocycles. The molecular weight excluding hydrogens is 376 g/mol. The fraction of sp³-hybridized carbons (Fsp3) is 0.273. The van der Waals surface area contributed by atoms with Crippen molar-refractivity contribution >= 4 is 28.6 Å². The van der Waals surface area contributed by atoms with Crippen LogP contribution in [0.3, 0.4) is 0 Å². The van der Waals surface area contributed by atoms with Crippen LogP contribution >= 0.6 is 0 Å². The molecule has 5 rings (SSSR count). The molecule has 8 heteroatoms. The number of pyridine rings is 1. The van der Waals surface area contributed by atoms with Crippen LogP contribution in [-0.4, -0.2) is 50.7 Å². The number of hydrogen-bond acceptors (Lipinski definition) is 7. The maximum absolute atomic E-state index is 6.22. The number of benzene rings is 1. The van der Waals surface area contributed by atoms with Gasteiger partial charge in [0, 0.05) is 44.3 Å². The highest BCUT2D eigenvalue weighted by Gasteiger charge is 2.21. The zero-order valence-electron chi connectivity index (χ0n) is 16.9. The number of nitrogens with two attached hydrogens (primary N) is 1. The Kier molecular flexibility index (Phi) is 4.66. The Balaban J connectivity index is 1.39. The summed E-state index contributed by atoms with van der Waals surface area (Å²) in [5, 5.41) is 0. The molecule has 0 unspecified atom stereocenters. The number of imidazole rings is 1. The van der Waals surface area contributed by atoms with E-state index in [9.17, 15) is 0 Å². The van der Waals surface area contributed by atoms with Crippen molar-refractivity contribution in [3.05, 3.63) is 60.7 Å². The molecule has 0 radical (unpaired) electrons. The van der Waals surface area contributed by atoms with Crippen LogP contribution in [0.25, 0.3) is 16.9 Å². The predicted octanol–water partition coefficient (Wildman–Crippen LogP) is 2.68. The third-order valence-electron chi connectivity index (χ3n) is 5.62. The quantitative estimate of drug-likeness (QED) is 0.563. The van der Waals surface area contributed by atoms with E-state index in [2.05, 4.69) is 55.9 Å². The van der Waals surface area contributed by atoms with Gasteiger partial charge in [-0.25, -0.2) is 4.98 Å². The summed E-state index contributed by atoms with van der Waals surface area (Å²) in [5.41, 5.74) is 11.1. The maximum atomic E-state index is 6.22. The first-order valence-electron chi connectivity index (χ1n) is 10.2. The molecule has 8 nitrogen and oxygen atoms in total. The summed E-state index contributed by atoms with van der Waals surface area (Å²) in [7, 11) is 0. The monoisotopic (exact) mass is 400 g/mol. The van der Waals surface area contributed by atoms with Gasteiger partial charge in [0.15, 0.2) is 17.0 Å². The number of hydrogen-bond donors (Lipinski definition) is 1. The SMILES string of the molecule is CCc1ccc(N2CCN(c3nc(N)c4ncn(-c5ccncc5)c4n3)CC2)cc1. The van der Waals surface area contributed by atoms with Crippen molar-refractivity contribution in [3.63, 3.8) is 0 Å². The summed E-state index contributed by atoms with van der Waals surface area (Å²) in [4.78, 5) is 22.4. The second-order valence-electron chi connectivity index (χ2n) is 7.40. The van der Waals surface area contributed by atoms with Gasteiger partial charge in [0.1, 0.15) is 6.33 Å². The number of anilines is 3. The normalized spacial score (nSPS) is 14.4. The van der Waals surface area contributed by atoms with E-state index < -0.39 is 0 Å². The zero-order valence-corrected chi connectivity index (χ0v) is 16.9. The van der Waals surface area contributed by atoms with Gasteiger partial charge in [0.2, 0.25) is 5.95 Å². The molecule has 3 aromatic heterocycles. The lowest BCUT2D eigenvalue weighted by Gasteiger charge is -2.36. The highest BCUT2D eigenvalue weighted by atomic mass is 15.3. The van der Waals surface area contributed by atoms with E-state index in [0.29, 0.717) is 22.9 Å². The molecule has 0 atom stereocenters. The van der Waals surface area contributed by atoms with E-state index in [1.165, 1.54) is 11.3 Å². The van der Waals surface area contributed by atoms with Crippen LogP contribution in [0.1, 0.15) is 12.5 Å². The molecule has 1 saturated heterocycles. The Morgan fingerprint density at radius 2 is 1.57 bits per heavy atom. The second kappa shape index (κ2) is 7.62. The summed E-state index contributed by atoms with van der Waals surface area (Å²) in [6.07, 6.45) is 6.29. The molecule has 1 aliphatic heterocycles. The average Bonchev–Trinajstić information content (AvgIpc) is 3.24. The molecule has 4 heterocycles. The van der Waals surface area contributed by atoms with Gasteiger partial charge in [0.05, 0.1) is 5.69 Å². The summed E-state index contributed by atoms with van der Waals surface area (Å²) >= 11 is 0. The van der Waals surface area contributed by atoms with Crippen molar-refractivity contribution in [1.82, 2.24) is 24.5 Å². The first-order valence-corrected chi connectivity index (χ1v) is 10.2. The molecule has 0 amide bonds. The van der Waals surface area contributed by atoms with Gasteiger partial charge < -0.3 is 15.5 Å². The number of fused-ring (bicyclic) bond motifs is 1. The Hall–Kier alpha value is -3.68. The average molecular weight is 400 g/mol. The molecular formula is C22H24N8. The lowest BCUT2D eigenvalue weighted by Crippen LogP contribution is -2.47. The number of rotatable bonds is 4. The Bertz CT molecular complexity index is 1150. The minimum atomic E-state index is 0.403. The lowest BCUT2D eigenvalue weighted by molar-refractivity contribution is 0.641. The van der Waals surface area contributed by atoms with E-state index in [0.717, 1.165) is 38.3 Å². The minimum Gasteiger partial charge on any atom is -0.382 e. The fourth-order valence-electron chi connectivity index (χ4n) is 3.85. The molecule has 0 spiro atoms. The van der Waals surface area contributed by atoms with Crippen LogP contribution in [0.15, 0.2) is 55.1 Å². The minimum absolute atomic E-state index is 0.403. The largest absolute Gasteiger partial charge is 0.382 e. The van der Waals surface area contributed by atoms with E-state index in [-0.39, 0.29) is 0 Å². The molecule has 1 fully saturated rings. The molecule has 152 valence electrons. The Morgan fingerprint density at radius 1 is 0.867 bits per heavy atom. The summed E-state index contributed by atoms with van der Waals surface area (Å²) < 4.78 is 1.92. The molecule has 1 aliphatic rings. The summed E-state index contributed by atoms with van der Waals surface area (Å²) in [5.74, 6) is 1.05. The van der Waals surface area contributed by atoms with Gasteiger partial charge in [-0.3, -0.25) is 9.55 Å². The second-order valence-corrected chi connectivity index (χ2v) is 7.40. The molecule has 2 N–H and O–H groups in total. The van der Waals surface area contributed by atoms with Crippen molar-refractivity contribution in [2.75, 3.05) is 41.7 Å². The number of aromatic nitrogens is 5. The van der Waals surface area contributed by atoms with Crippen LogP contribution in [0.5, 0.6) is 0 Å². The van der Waals surface area contributed by atoms with Crippen molar-refractivity contribution in [2.24, 2.45) is 0 Å². The molecule has 0 saturated carbocycles. The third kappa shape index (κ3) is 3.30. The number of nitrogen functional groups attached to an aromatic ring is 1. The Morgan fingerprint density at radius 3 is 2.27 bits per heavy atom. The van der Waals surface area contributed by atoms with Crippen molar-refractivity contribution in [2.45, 2.75) is 13.3 Å². The van der Waals surface area contributed by atoms with Crippen LogP contribution in [-0.2, 0) is 6.42 Å². The lowest BCUT2D eigenvalue weighted by atomic mass is 10.1. The molecule has 0 bridgehead atoms. The topological polar surface area (TPSA) is 89.0 Å². The third-order valence-corrected chi connectivity index (χ3v) is 5.62. The highest BCUT2D eigenvalue weighted by Crippen LogP contribution is 2.24. The van der Waals surface area contributed by atoms with E-state index in [4.69, 9.17) is 10.7 Å². The standard InChI is InChI=1S/C22H24N8/c1-2-16-3-5-17(6-4-16)28-11-13-29(14-12-28)22-26-20(23)19-21(27-22)30(15-25-19)18-7-9-24-10-8-18/h3-10,15H,2,11-14H2,1H3,(H2,23,26,27). The van der Waals surface area contributed by atoms with Gasteiger partial charge in [-0.2, -0.15) is 9.97 Å². The van der Waals surface area contributed by atoms with Crippen LogP contribution in [0, 0.1) is 0 Å². The fourth-order valence-corrected chi connectivity index (χ4v) is 3.85. The highest BCUT2D eigenvalue weighted by molar-refractivity contribution is 5.84. The zero-order chi connectivity index (χ0) is 20.5. The van der Waals surface area contributed by atoms with Crippen molar-refractivity contribution in [1.29, 1.82) is 0 Å². The van der Waals surface area contributed by atoms with Crippen LogP contribution < -0.4 is 15.5 Å². The number of aryl methyl sites for hydroxylation is 1. The van der Waals surface area contributed by atoms with Crippen molar-refractivity contribution < 1.29 is 0 Å². The number of piperazine rings is 1. The van der Waals surface area contributed by atoms with E-state index in [1.54, 1.807) is 18.7 Å². The van der Waals surface area contributed by atoms with Crippen LogP contribution in [0.2, 0.25) is 0 Å². The summed E-state index contributed by atoms with van der Waals surface area (Å²) in [6, 6.07) is 12.7. The van der Waals surface area contributed by atoms with Gasteiger partial charge >= 0.3 is 0 Å². The van der Waals surface area contributed by atoms with Crippen molar-refractivity contribution in [3.8, 4) is 5.69 Å². The first kappa shape index (κ1) is 18.4. The molecule has 30 heavy (non-hydrogen) atoms. The van der Waals surface area contributed by atoms with E-state index in [1.807, 2.05) is 16.7 Å². The Labute approximate surface area is 175 Å². The predicted molar refractivity (Wildman–Crippen MR) is 119 cm³/mol. The van der Waals surface area contributed by atoms with Gasteiger partial charge in [-0.1, -0.05) is 19.1 Å². The molecule has 1 aromatic carbocycles. The van der Waals surface area contributed by atoms with Gasteiger partial charge in [-0.05, 0) is 36.2 Å². The summed E-state index contributed by atoms with van der Waals surface area (Å²) in [6.45, 7) is 5.68. The van der Waals surface area contributed by atoms with Crippen LogP contribution in [0.4, 0.5) is 17.5 Å². The van der Waals surface area contributed by atoms with Gasteiger partial charge in [-0.15, -0.1) is 0 Å².